The average molecular weight is 276 g/mol. The van der Waals surface area contributed by atoms with Gasteiger partial charge in [-0.25, -0.2) is 9.97 Å². The second kappa shape index (κ2) is 5.98. The molecule has 0 aliphatic rings. The second-order valence-corrected chi connectivity index (χ2v) is 4.31. The highest BCUT2D eigenvalue weighted by molar-refractivity contribution is 9.10. The summed E-state index contributed by atoms with van der Waals surface area (Å²) in [5.74, 6) is 1.27. The van der Waals surface area contributed by atoms with Crippen molar-refractivity contribution in [2.75, 3.05) is 17.3 Å². The fourth-order valence-electron chi connectivity index (χ4n) is 0.777. The van der Waals surface area contributed by atoms with E-state index in [0.29, 0.717) is 16.8 Å². The molecule has 0 aliphatic heterocycles. The van der Waals surface area contributed by atoms with Crippen LogP contribution in [0.15, 0.2) is 17.0 Å². The third kappa shape index (κ3) is 4.06. The third-order valence-corrected chi connectivity index (χ3v) is 2.44. The van der Waals surface area contributed by atoms with E-state index in [1.165, 1.54) is 6.20 Å². The third-order valence-electron chi connectivity index (χ3n) is 1.42. The molecule has 6 heteroatoms. The average Bonchev–Trinajstić information content (AvgIpc) is 2.18. The molecule has 1 aromatic rings. The number of halogens is 1. The van der Waals surface area contributed by atoms with Crippen LogP contribution in [0.5, 0.6) is 0 Å². The molecule has 0 fully saturated rings. The molecular weight excluding hydrogens is 266 g/mol. The van der Waals surface area contributed by atoms with E-state index in [9.17, 15) is 4.79 Å². The molecule has 14 heavy (non-hydrogen) atoms. The van der Waals surface area contributed by atoms with Gasteiger partial charge in [-0.1, -0.05) is 0 Å². The first-order chi connectivity index (χ1) is 6.72. The number of rotatable bonds is 4. The summed E-state index contributed by atoms with van der Waals surface area (Å²) in [7, 11) is 0. The van der Waals surface area contributed by atoms with Crippen LogP contribution in [0.1, 0.15) is 6.42 Å². The van der Waals surface area contributed by atoms with Gasteiger partial charge in [0.15, 0.2) is 5.82 Å². The largest absolute Gasteiger partial charge is 0.309 e. The molecule has 0 aromatic carbocycles. The van der Waals surface area contributed by atoms with E-state index in [4.69, 9.17) is 0 Å². The molecule has 0 saturated carbocycles. The Bertz CT molecular complexity index is 304. The van der Waals surface area contributed by atoms with Gasteiger partial charge in [0.1, 0.15) is 4.60 Å². The number of hydrogen-bond acceptors (Lipinski definition) is 4. The van der Waals surface area contributed by atoms with Crippen molar-refractivity contribution in [3.05, 3.63) is 17.0 Å². The minimum atomic E-state index is -0.0315. The maximum absolute atomic E-state index is 11.3. The molecular formula is C8H10BrN3OS. The fraction of sp³-hybridized carbons (Fsp3) is 0.375. The van der Waals surface area contributed by atoms with Gasteiger partial charge >= 0.3 is 0 Å². The summed E-state index contributed by atoms with van der Waals surface area (Å²) >= 11 is 4.80. The van der Waals surface area contributed by atoms with Crippen molar-refractivity contribution in [3.63, 3.8) is 0 Å². The first kappa shape index (κ1) is 11.5. The molecule has 0 spiro atoms. The maximum atomic E-state index is 11.3. The predicted octanol–water partition coefficient (Wildman–Crippen LogP) is 1.93. The number of aromatic nitrogens is 2. The van der Waals surface area contributed by atoms with Crippen LogP contribution in [-0.4, -0.2) is 27.9 Å². The van der Waals surface area contributed by atoms with E-state index in [1.807, 2.05) is 6.26 Å². The van der Waals surface area contributed by atoms with Gasteiger partial charge in [-0.15, -0.1) is 0 Å². The zero-order valence-corrected chi connectivity index (χ0v) is 10.1. The first-order valence-corrected chi connectivity index (χ1v) is 6.17. The number of carbonyl (C=O) groups excluding carboxylic acids is 1. The molecule has 0 saturated heterocycles. The van der Waals surface area contributed by atoms with E-state index < -0.39 is 0 Å². The highest BCUT2D eigenvalue weighted by Crippen LogP contribution is 2.06. The van der Waals surface area contributed by atoms with Crippen LogP contribution in [0.2, 0.25) is 0 Å². The van der Waals surface area contributed by atoms with Crippen molar-refractivity contribution >= 4 is 39.4 Å². The Morgan fingerprint density at radius 3 is 2.93 bits per heavy atom. The van der Waals surface area contributed by atoms with Crippen LogP contribution >= 0.6 is 27.7 Å². The summed E-state index contributed by atoms with van der Waals surface area (Å²) in [6.45, 7) is 0. The molecule has 1 amide bonds. The summed E-state index contributed by atoms with van der Waals surface area (Å²) in [5, 5.41) is 2.66. The first-order valence-electron chi connectivity index (χ1n) is 3.98. The lowest BCUT2D eigenvalue weighted by atomic mass is 10.4. The molecule has 0 unspecified atom stereocenters. The van der Waals surface area contributed by atoms with Crippen molar-refractivity contribution < 1.29 is 4.79 Å². The topological polar surface area (TPSA) is 54.9 Å². The molecule has 0 atom stereocenters. The molecule has 1 heterocycles. The number of nitrogens with one attached hydrogen (secondary N) is 1. The Hall–Kier alpha value is -0.620. The molecule has 76 valence electrons. The Morgan fingerprint density at radius 2 is 2.36 bits per heavy atom. The van der Waals surface area contributed by atoms with Gasteiger partial charge in [-0.3, -0.25) is 4.79 Å². The van der Waals surface area contributed by atoms with Gasteiger partial charge in [0, 0.05) is 12.2 Å². The van der Waals surface area contributed by atoms with Crippen LogP contribution in [-0.2, 0) is 4.79 Å². The normalized spacial score (nSPS) is 9.86. The minimum absolute atomic E-state index is 0.0315. The summed E-state index contributed by atoms with van der Waals surface area (Å²) in [6, 6.07) is 0. The summed E-state index contributed by atoms with van der Waals surface area (Å²) in [4.78, 5) is 19.2. The quantitative estimate of drug-likeness (QED) is 0.913. The standard InChI is InChI=1S/C8H10BrN3OS/c1-14-3-2-8(13)12-7-5-10-6(9)4-11-7/h4-5H,2-3H2,1H3,(H,11,12,13). The lowest BCUT2D eigenvalue weighted by Crippen LogP contribution is -2.13. The predicted molar refractivity (Wildman–Crippen MR) is 61.4 cm³/mol. The highest BCUT2D eigenvalue weighted by Gasteiger charge is 2.02. The van der Waals surface area contributed by atoms with Crippen molar-refractivity contribution in [1.82, 2.24) is 9.97 Å². The van der Waals surface area contributed by atoms with Crippen molar-refractivity contribution in [2.24, 2.45) is 0 Å². The molecule has 0 radical (unpaired) electrons. The van der Waals surface area contributed by atoms with E-state index in [1.54, 1.807) is 18.0 Å². The number of hydrogen-bond donors (Lipinski definition) is 1. The van der Waals surface area contributed by atoms with Gasteiger partial charge < -0.3 is 5.32 Å². The van der Waals surface area contributed by atoms with E-state index in [2.05, 4.69) is 31.2 Å². The van der Waals surface area contributed by atoms with Crippen LogP contribution in [0.4, 0.5) is 5.82 Å². The SMILES string of the molecule is CSCCC(=O)Nc1cnc(Br)cn1. The molecule has 4 nitrogen and oxygen atoms in total. The van der Waals surface area contributed by atoms with Gasteiger partial charge in [-0.2, -0.15) is 11.8 Å². The lowest BCUT2D eigenvalue weighted by molar-refractivity contribution is -0.115. The van der Waals surface area contributed by atoms with Gasteiger partial charge in [0.05, 0.1) is 12.4 Å². The van der Waals surface area contributed by atoms with E-state index >= 15 is 0 Å². The van der Waals surface area contributed by atoms with Crippen molar-refractivity contribution in [2.45, 2.75) is 6.42 Å². The molecule has 0 aliphatic carbocycles. The number of anilines is 1. The highest BCUT2D eigenvalue weighted by atomic mass is 79.9. The monoisotopic (exact) mass is 275 g/mol. The number of thioether (sulfide) groups is 1. The van der Waals surface area contributed by atoms with Crippen LogP contribution in [0.25, 0.3) is 0 Å². The fourth-order valence-corrected chi connectivity index (χ4v) is 1.37. The van der Waals surface area contributed by atoms with Gasteiger partial charge in [0.2, 0.25) is 5.91 Å². The number of carbonyl (C=O) groups is 1. The maximum Gasteiger partial charge on any atom is 0.226 e. The zero-order chi connectivity index (χ0) is 10.4. The Morgan fingerprint density at radius 1 is 1.57 bits per heavy atom. The molecule has 1 aromatic heterocycles. The smallest absolute Gasteiger partial charge is 0.226 e. The van der Waals surface area contributed by atoms with Crippen LogP contribution in [0.3, 0.4) is 0 Å². The second-order valence-electron chi connectivity index (χ2n) is 2.52. The van der Waals surface area contributed by atoms with Gasteiger partial charge in [-0.05, 0) is 22.2 Å². The number of nitrogens with zero attached hydrogens (tertiary/aromatic N) is 2. The molecule has 0 bridgehead atoms. The summed E-state index contributed by atoms with van der Waals surface area (Å²) in [6.07, 6.45) is 5.52. The molecule has 1 N–H and O–H groups in total. The van der Waals surface area contributed by atoms with E-state index in [-0.39, 0.29) is 5.91 Å². The van der Waals surface area contributed by atoms with Crippen molar-refractivity contribution in [1.29, 1.82) is 0 Å². The van der Waals surface area contributed by atoms with Crippen molar-refractivity contribution in [3.8, 4) is 0 Å². The number of amides is 1. The Kier molecular flexibility index (Phi) is 4.89. The Labute approximate surface area is 95.0 Å². The summed E-state index contributed by atoms with van der Waals surface area (Å²) < 4.78 is 0.652. The summed E-state index contributed by atoms with van der Waals surface area (Å²) in [5.41, 5.74) is 0. The minimum Gasteiger partial charge on any atom is -0.309 e. The lowest BCUT2D eigenvalue weighted by Gasteiger charge is -2.02. The van der Waals surface area contributed by atoms with E-state index in [0.717, 1.165) is 5.75 Å². The zero-order valence-electron chi connectivity index (χ0n) is 7.66. The molecule has 1 rings (SSSR count). The van der Waals surface area contributed by atoms with Gasteiger partial charge in [0.25, 0.3) is 0 Å². The van der Waals surface area contributed by atoms with Crippen LogP contribution < -0.4 is 5.32 Å². The van der Waals surface area contributed by atoms with Crippen LogP contribution in [0, 0.1) is 0 Å². The Balaban J connectivity index is 2.44.